The zero-order valence-electron chi connectivity index (χ0n) is 15.5. The fraction of sp³-hybridized carbons (Fsp3) is 0.0952. The Balaban J connectivity index is 1.67. The van der Waals surface area contributed by atoms with Crippen LogP contribution in [0.15, 0.2) is 54.3 Å². The maximum absolute atomic E-state index is 12.2. The highest BCUT2D eigenvalue weighted by atomic mass is 16.5. The minimum atomic E-state index is -0.724. The zero-order chi connectivity index (χ0) is 21.5. The number of aromatic nitrogens is 2. The number of ether oxygens (including phenoxy) is 1. The van der Waals surface area contributed by atoms with Crippen molar-refractivity contribution in [2.75, 3.05) is 11.9 Å². The fourth-order valence-electron chi connectivity index (χ4n) is 2.58. The van der Waals surface area contributed by atoms with Crippen LogP contribution in [0.3, 0.4) is 0 Å². The van der Waals surface area contributed by atoms with Crippen LogP contribution in [-0.4, -0.2) is 33.6 Å². The number of nitrogens with one attached hydrogen (secondary N) is 2. The molecule has 0 aliphatic heterocycles. The number of amides is 1. The van der Waals surface area contributed by atoms with Crippen molar-refractivity contribution in [3.8, 4) is 12.1 Å². The molecular formula is C21H15N5O4. The third kappa shape index (κ3) is 4.61. The fourth-order valence-corrected chi connectivity index (χ4v) is 2.58. The van der Waals surface area contributed by atoms with Crippen molar-refractivity contribution >= 4 is 34.2 Å². The number of carbonyl (C=O) groups is 2. The summed E-state index contributed by atoms with van der Waals surface area (Å²) in [7, 11) is 0. The predicted molar refractivity (Wildman–Crippen MR) is 107 cm³/mol. The summed E-state index contributed by atoms with van der Waals surface area (Å²) >= 11 is 0. The van der Waals surface area contributed by atoms with Gasteiger partial charge in [0.05, 0.1) is 22.7 Å². The Kier molecular flexibility index (Phi) is 6.06. The summed E-state index contributed by atoms with van der Waals surface area (Å²) in [5.74, 6) is -1.45. The molecule has 0 saturated heterocycles. The quantitative estimate of drug-likeness (QED) is 0.326. The molecule has 0 spiro atoms. The van der Waals surface area contributed by atoms with E-state index in [0.717, 1.165) is 0 Å². The van der Waals surface area contributed by atoms with Gasteiger partial charge < -0.3 is 20.1 Å². The monoisotopic (exact) mass is 401 g/mol. The molecule has 3 aromatic rings. The molecule has 2 aromatic carbocycles. The number of aromatic amines is 1. The van der Waals surface area contributed by atoms with Crippen LogP contribution in [0, 0.1) is 22.7 Å². The number of benzene rings is 2. The van der Waals surface area contributed by atoms with Gasteiger partial charge in [0.2, 0.25) is 5.91 Å². The van der Waals surface area contributed by atoms with Gasteiger partial charge in [-0.05, 0) is 36.4 Å². The van der Waals surface area contributed by atoms with Crippen molar-refractivity contribution in [2.45, 2.75) is 6.42 Å². The second-order valence-corrected chi connectivity index (χ2v) is 6.07. The molecule has 0 atom stereocenters. The first-order valence-corrected chi connectivity index (χ1v) is 8.73. The number of anilines is 1. The van der Waals surface area contributed by atoms with E-state index in [1.54, 1.807) is 24.3 Å². The number of hydrogen-bond donors (Lipinski definition) is 3. The molecule has 0 radical (unpaired) electrons. The average Bonchev–Trinajstić information content (AvgIpc) is 3.17. The SMILES string of the molecule is N#CCC(=O)Nc1ccc(C(=O)OCC(O)=C(C#N)c2nc3ccccc3[nH]2)cc1. The van der Waals surface area contributed by atoms with Crippen LogP contribution in [-0.2, 0) is 9.53 Å². The minimum absolute atomic E-state index is 0.130. The standard InChI is InChI=1S/C21H15N5O4/c22-10-9-19(28)24-14-7-5-13(6-8-14)21(29)30-12-18(27)15(11-23)20-25-16-3-1-2-4-17(16)26-20/h1-8,27H,9,12H2,(H,24,28)(H,25,26). The molecule has 3 rings (SSSR count). The van der Waals surface area contributed by atoms with Gasteiger partial charge in [-0.2, -0.15) is 10.5 Å². The molecule has 1 heterocycles. The largest absolute Gasteiger partial charge is 0.507 e. The number of rotatable bonds is 6. The number of para-hydroxylation sites is 2. The molecule has 30 heavy (non-hydrogen) atoms. The molecule has 148 valence electrons. The highest BCUT2D eigenvalue weighted by molar-refractivity contribution is 5.94. The summed E-state index contributed by atoms with van der Waals surface area (Å²) in [4.78, 5) is 30.7. The number of allylic oxidation sites excluding steroid dienone is 1. The van der Waals surface area contributed by atoms with E-state index < -0.39 is 24.2 Å². The minimum Gasteiger partial charge on any atom is -0.507 e. The van der Waals surface area contributed by atoms with E-state index in [4.69, 9.17) is 10.00 Å². The molecule has 1 amide bonds. The molecule has 0 unspecified atom stereocenters. The van der Waals surface area contributed by atoms with E-state index in [0.29, 0.717) is 16.7 Å². The van der Waals surface area contributed by atoms with Crippen molar-refractivity contribution in [3.63, 3.8) is 0 Å². The van der Waals surface area contributed by atoms with Gasteiger partial charge in [-0.1, -0.05) is 12.1 Å². The van der Waals surface area contributed by atoms with Gasteiger partial charge in [-0.3, -0.25) is 4.79 Å². The Morgan fingerprint density at radius 1 is 1.13 bits per heavy atom. The third-order valence-electron chi connectivity index (χ3n) is 4.01. The second-order valence-electron chi connectivity index (χ2n) is 6.07. The summed E-state index contributed by atoms with van der Waals surface area (Å²) in [6.45, 7) is -0.514. The highest BCUT2D eigenvalue weighted by Crippen LogP contribution is 2.19. The average molecular weight is 401 g/mol. The zero-order valence-corrected chi connectivity index (χ0v) is 15.5. The molecule has 0 bridgehead atoms. The summed E-state index contributed by atoms with van der Waals surface area (Å²) in [5.41, 5.74) is 1.81. The van der Waals surface area contributed by atoms with E-state index in [1.165, 1.54) is 24.3 Å². The van der Waals surface area contributed by atoms with Crippen molar-refractivity contribution in [1.29, 1.82) is 10.5 Å². The number of H-pyrrole nitrogens is 1. The molecule has 0 fully saturated rings. The Morgan fingerprint density at radius 3 is 2.53 bits per heavy atom. The number of nitrogens with zero attached hydrogens (tertiary/aromatic N) is 3. The number of nitriles is 2. The number of esters is 1. The lowest BCUT2D eigenvalue weighted by Crippen LogP contribution is -2.11. The van der Waals surface area contributed by atoms with Gasteiger partial charge in [0.1, 0.15) is 24.7 Å². The van der Waals surface area contributed by atoms with Gasteiger partial charge >= 0.3 is 5.97 Å². The van der Waals surface area contributed by atoms with E-state index in [9.17, 15) is 20.0 Å². The molecule has 1 aromatic heterocycles. The molecule has 9 nitrogen and oxygen atoms in total. The molecular weight excluding hydrogens is 386 g/mol. The van der Waals surface area contributed by atoms with E-state index in [-0.39, 0.29) is 23.4 Å². The summed E-state index contributed by atoms with van der Waals surface area (Å²) in [6.07, 6.45) is -0.276. The molecule has 0 saturated carbocycles. The number of imidazole rings is 1. The topological polar surface area (TPSA) is 152 Å². The molecule has 3 N–H and O–H groups in total. The number of carbonyl (C=O) groups excluding carboxylic acids is 2. The molecule has 0 aliphatic rings. The molecule has 9 heteroatoms. The van der Waals surface area contributed by atoms with Crippen LogP contribution >= 0.6 is 0 Å². The van der Waals surface area contributed by atoms with Crippen molar-refractivity contribution in [3.05, 3.63) is 65.7 Å². The van der Waals surface area contributed by atoms with Gasteiger partial charge in [0.25, 0.3) is 0 Å². The van der Waals surface area contributed by atoms with E-state index in [1.807, 2.05) is 12.1 Å². The van der Waals surface area contributed by atoms with Crippen LogP contribution < -0.4 is 5.32 Å². The van der Waals surface area contributed by atoms with E-state index >= 15 is 0 Å². The Hall–Kier alpha value is -4.63. The van der Waals surface area contributed by atoms with Gasteiger partial charge in [0, 0.05) is 5.69 Å². The van der Waals surface area contributed by atoms with Crippen LogP contribution in [0.2, 0.25) is 0 Å². The van der Waals surface area contributed by atoms with Crippen LogP contribution in [0.4, 0.5) is 5.69 Å². The number of fused-ring (bicyclic) bond motifs is 1. The third-order valence-corrected chi connectivity index (χ3v) is 4.01. The van der Waals surface area contributed by atoms with Crippen molar-refractivity contribution in [2.24, 2.45) is 0 Å². The van der Waals surface area contributed by atoms with Crippen LogP contribution in [0.5, 0.6) is 0 Å². The van der Waals surface area contributed by atoms with Crippen LogP contribution in [0.1, 0.15) is 22.6 Å². The maximum atomic E-state index is 12.2. The smallest absolute Gasteiger partial charge is 0.338 e. The van der Waals surface area contributed by atoms with Crippen LogP contribution in [0.25, 0.3) is 16.6 Å². The Morgan fingerprint density at radius 2 is 1.87 bits per heavy atom. The second kappa shape index (κ2) is 9.04. The van der Waals surface area contributed by atoms with Gasteiger partial charge in [-0.25, -0.2) is 9.78 Å². The number of hydrogen-bond acceptors (Lipinski definition) is 7. The normalized spacial score (nSPS) is 11.1. The lowest BCUT2D eigenvalue weighted by molar-refractivity contribution is -0.115. The first-order chi connectivity index (χ1) is 14.5. The summed E-state index contributed by atoms with van der Waals surface area (Å²) in [5, 5.41) is 30.6. The number of aliphatic hydroxyl groups is 1. The first kappa shape index (κ1) is 20.1. The maximum Gasteiger partial charge on any atom is 0.338 e. The lowest BCUT2D eigenvalue weighted by Gasteiger charge is -2.07. The summed E-state index contributed by atoms with van der Waals surface area (Å²) in [6, 6.07) is 16.6. The number of aliphatic hydroxyl groups excluding tert-OH is 1. The van der Waals surface area contributed by atoms with Gasteiger partial charge in [0.15, 0.2) is 11.6 Å². The predicted octanol–water partition coefficient (Wildman–Crippen LogP) is 3.06. The van der Waals surface area contributed by atoms with E-state index in [2.05, 4.69) is 15.3 Å². The molecule has 0 aliphatic carbocycles. The highest BCUT2D eigenvalue weighted by Gasteiger charge is 2.15. The lowest BCUT2D eigenvalue weighted by atomic mass is 10.2. The van der Waals surface area contributed by atoms with Gasteiger partial charge in [-0.15, -0.1) is 0 Å². The Bertz CT molecular complexity index is 1180. The Labute approximate surface area is 170 Å². The van der Waals surface area contributed by atoms with Crippen molar-refractivity contribution < 1.29 is 19.4 Å². The summed E-state index contributed by atoms with van der Waals surface area (Å²) < 4.78 is 5.06. The first-order valence-electron chi connectivity index (χ1n) is 8.73. The van der Waals surface area contributed by atoms with Crippen molar-refractivity contribution in [1.82, 2.24) is 9.97 Å².